The van der Waals surface area contributed by atoms with E-state index in [0.29, 0.717) is 0 Å². The van der Waals surface area contributed by atoms with Crippen LogP contribution < -0.4 is 9.64 Å². The van der Waals surface area contributed by atoms with Crippen molar-refractivity contribution in [3.63, 3.8) is 0 Å². The van der Waals surface area contributed by atoms with Crippen LogP contribution in [0.5, 0.6) is 5.75 Å². The van der Waals surface area contributed by atoms with Crippen molar-refractivity contribution in [1.82, 2.24) is 0 Å². The van der Waals surface area contributed by atoms with Crippen molar-refractivity contribution in [1.29, 1.82) is 0 Å². The zero-order valence-electron chi connectivity index (χ0n) is 12.2. The molecule has 0 spiro atoms. The Labute approximate surface area is 131 Å². The van der Waals surface area contributed by atoms with Crippen molar-refractivity contribution < 1.29 is 23.1 Å². The van der Waals surface area contributed by atoms with Gasteiger partial charge in [0.25, 0.3) is 0 Å². The van der Waals surface area contributed by atoms with E-state index in [0.717, 1.165) is 17.7 Å². The molecular weight excluding hydrogens is 304 g/mol. The molecule has 2 bridgehead atoms. The predicted molar refractivity (Wildman–Crippen MR) is 77.9 cm³/mol. The average Bonchev–Trinajstić information content (AvgIpc) is 2.82. The number of rotatable bonds is 3. The number of fused-ring (bicyclic) bond motifs is 1. The van der Waals surface area contributed by atoms with E-state index < -0.39 is 6.61 Å². The van der Waals surface area contributed by atoms with Gasteiger partial charge < -0.3 is 4.74 Å². The van der Waals surface area contributed by atoms with Gasteiger partial charge in [-0.3, -0.25) is 9.59 Å². The van der Waals surface area contributed by atoms with Crippen LogP contribution in [-0.4, -0.2) is 18.4 Å². The molecular formula is C17H15F2NO3. The molecule has 0 N–H and O–H groups in total. The lowest BCUT2D eigenvalue weighted by Gasteiger charge is -2.38. The van der Waals surface area contributed by atoms with Crippen LogP contribution >= 0.6 is 0 Å². The summed E-state index contributed by atoms with van der Waals surface area (Å²) in [5.74, 6) is -1.36. The van der Waals surface area contributed by atoms with Gasteiger partial charge in [0.15, 0.2) is 0 Å². The van der Waals surface area contributed by atoms with Gasteiger partial charge in [0.2, 0.25) is 11.8 Å². The van der Waals surface area contributed by atoms with Gasteiger partial charge in [0.05, 0.1) is 17.5 Å². The van der Waals surface area contributed by atoms with E-state index in [1.807, 2.05) is 12.2 Å². The number of imide groups is 1. The zero-order valence-corrected chi connectivity index (χ0v) is 12.2. The lowest BCUT2D eigenvalue weighted by Crippen LogP contribution is -2.38. The molecule has 1 aliphatic heterocycles. The number of hydrogen-bond acceptors (Lipinski definition) is 3. The fourth-order valence-corrected chi connectivity index (χ4v) is 4.15. The summed E-state index contributed by atoms with van der Waals surface area (Å²) in [6, 6.07) is 5.95. The first-order chi connectivity index (χ1) is 11.1. The summed E-state index contributed by atoms with van der Waals surface area (Å²) in [5.41, 5.74) is 0.108. The van der Waals surface area contributed by atoms with Crippen LogP contribution in [0.15, 0.2) is 36.4 Å². The molecule has 120 valence electrons. The molecule has 0 aromatic heterocycles. The third-order valence-electron chi connectivity index (χ3n) is 5.08. The quantitative estimate of drug-likeness (QED) is 0.635. The first-order valence-corrected chi connectivity index (χ1v) is 7.68. The van der Waals surface area contributed by atoms with E-state index in [9.17, 15) is 18.4 Å². The summed E-state index contributed by atoms with van der Waals surface area (Å²) in [7, 11) is 0. The van der Waals surface area contributed by atoms with Gasteiger partial charge in [-0.1, -0.05) is 24.3 Å². The third kappa shape index (κ3) is 2.08. The molecule has 23 heavy (non-hydrogen) atoms. The van der Waals surface area contributed by atoms with E-state index in [1.165, 1.54) is 18.2 Å². The van der Waals surface area contributed by atoms with Crippen molar-refractivity contribution in [3.05, 3.63) is 36.4 Å². The third-order valence-corrected chi connectivity index (χ3v) is 5.08. The molecule has 3 aliphatic carbocycles. The molecule has 1 aromatic carbocycles. The smallest absolute Gasteiger partial charge is 0.387 e. The number of amides is 2. The van der Waals surface area contributed by atoms with Gasteiger partial charge in [0, 0.05) is 0 Å². The molecule has 4 aliphatic rings. The number of para-hydroxylation sites is 2. The van der Waals surface area contributed by atoms with Crippen LogP contribution in [0.2, 0.25) is 0 Å². The van der Waals surface area contributed by atoms with E-state index in [-0.39, 0.29) is 46.9 Å². The fraction of sp³-hybridized carbons (Fsp3) is 0.412. The summed E-state index contributed by atoms with van der Waals surface area (Å²) >= 11 is 0. The number of carbonyl (C=O) groups is 2. The molecule has 4 nitrogen and oxygen atoms in total. The van der Waals surface area contributed by atoms with Crippen LogP contribution in [0.3, 0.4) is 0 Å². The Bertz CT molecular complexity index is 671. The van der Waals surface area contributed by atoms with Crippen molar-refractivity contribution in [2.24, 2.45) is 23.7 Å². The Morgan fingerprint density at radius 2 is 1.57 bits per heavy atom. The highest BCUT2D eigenvalue weighted by atomic mass is 19.3. The Morgan fingerprint density at radius 1 is 1.00 bits per heavy atom. The molecule has 1 aromatic rings. The maximum Gasteiger partial charge on any atom is 0.387 e. The highest BCUT2D eigenvalue weighted by Crippen LogP contribution is 2.51. The lowest BCUT2D eigenvalue weighted by atomic mass is 9.63. The second kappa shape index (κ2) is 5.15. The number of ether oxygens (including phenoxy) is 1. The Balaban J connectivity index is 1.74. The molecule has 0 radical (unpaired) electrons. The number of anilines is 1. The van der Waals surface area contributed by atoms with Gasteiger partial charge in [-0.2, -0.15) is 8.78 Å². The zero-order chi connectivity index (χ0) is 16.1. The number of nitrogens with zero attached hydrogens (tertiary/aromatic N) is 1. The minimum absolute atomic E-state index is 0.0645. The largest absolute Gasteiger partial charge is 0.433 e. The molecule has 1 saturated heterocycles. The van der Waals surface area contributed by atoms with Crippen LogP contribution in [-0.2, 0) is 9.59 Å². The lowest BCUT2D eigenvalue weighted by molar-refractivity contribution is -0.124. The van der Waals surface area contributed by atoms with Gasteiger partial charge in [0.1, 0.15) is 5.75 Å². The second-order valence-corrected chi connectivity index (χ2v) is 6.20. The fourth-order valence-electron chi connectivity index (χ4n) is 4.15. The Hall–Kier alpha value is -2.24. The number of allylic oxidation sites excluding steroid dienone is 2. The van der Waals surface area contributed by atoms with Gasteiger partial charge >= 0.3 is 6.61 Å². The summed E-state index contributed by atoms with van der Waals surface area (Å²) in [5, 5.41) is 0. The summed E-state index contributed by atoms with van der Waals surface area (Å²) < 4.78 is 29.7. The summed E-state index contributed by atoms with van der Waals surface area (Å²) in [6.45, 7) is -3.01. The molecule has 6 heteroatoms. The van der Waals surface area contributed by atoms with E-state index in [1.54, 1.807) is 6.07 Å². The van der Waals surface area contributed by atoms with Crippen LogP contribution in [0.1, 0.15) is 12.8 Å². The minimum Gasteiger partial charge on any atom is -0.433 e. The van der Waals surface area contributed by atoms with Crippen molar-refractivity contribution in [3.8, 4) is 5.75 Å². The topological polar surface area (TPSA) is 46.6 Å². The van der Waals surface area contributed by atoms with E-state index in [2.05, 4.69) is 4.74 Å². The Morgan fingerprint density at radius 3 is 2.09 bits per heavy atom. The monoisotopic (exact) mass is 319 g/mol. The maximum atomic E-state index is 12.8. The summed E-state index contributed by atoms with van der Waals surface area (Å²) in [6.07, 6.45) is 5.83. The molecule has 5 rings (SSSR count). The average molecular weight is 319 g/mol. The van der Waals surface area contributed by atoms with Gasteiger partial charge in [-0.15, -0.1) is 0 Å². The first kappa shape index (κ1) is 14.4. The second-order valence-electron chi connectivity index (χ2n) is 6.20. The molecule has 2 amide bonds. The summed E-state index contributed by atoms with van der Waals surface area (Å²) in [4.78, 5) is 26.7. The van der Waals surface area contributed by atoms with Crippen molar-refractivity contribution in [2.75, 3.05) is 4.90 Å². The number of carbonyl (C=O) groups excluding carboxylic acids is 2. The highest BCUT2D eigenvalue weighted by Gasteiger charge is 2.57. The molecule has 4 atom stereocenters. The van der Waals surface area contributed by atoms with Crippen molar-refractivity contribution in [2.45, 2.75) is 19.5 Å². The number of halogens is 2. The van der Waals surface area contributed by atoms with E-state index >= 15 is 0 Å². The van der Waals surface area contributed by atoms with E-state index in [4.69, 9.17) is 0 Å². The normalized spacial score (nSPS) is 31.9. The van der Waals surface area contributed by atoms with Crippen molar-refractivity contribution >= 4 is 17.5 Å². The van der Waals surface area contributed by atoms with Crippen LogP contribution in [0, 0.1) is 23.7 Å². The number of benzene rings is 1. The molecule has 2 fully saturated rings. The highest BCUT2D eigenvalue weighted by molar-refractivity contribution is 6.23. The Kier molecular flexibility index (Phi) is 3.21. The maximum absolute atomic E-state index is 12.8. The number of hydrogen-bond donors (Lipinski definition) is 0. The number of alkyl halides is 2. The van der Waals surface area contributed by atoms with Crippen LogP contribution in [0.25, 0.3) is 0 Å². The standard InChI is InChI=1S/C17H15F2NO3/c18-17(19)23-12-4-2-1-3-11(12)20-15(21)13-9-5-6-10(8-7-9)14(13)16(20)22/h1-6,9-10,13-14,17H,7-8H2/t9-,10-,13-,14-/m1/s1. The molecule has 1 heterocycles. The minimum atomic E-state index is -3.01. The van der Waals surface area contributed by atoms with Crippen LogP contribution in [0.4, 0.5) is 14.5 Å². The molecule has 1 saturated carbocycles. The van der Waals surface area contributed by atoms with Gasteiger partial charge in [-0.05, 0) is 36.8 Å². The first-order valence-electron chi connectivity index (χ1n) is 7.68. The SMILES string of the molecule is O=C1[C@H]2[C@H](C(=O)N1c1ccccc1OC(F)F)[C@@H]1C=C[C@@H]2CC1. The van der Waals surface area contributed by atoms with Gasteiger partial charge in [-0.25, -0.2) is 4.90 Å². The molecule has 0 unspecified atom stereocenters. The predicted octanol–water partition coefficient (Wildman–Crippen LogP) is 2.99.